The zero-order valence-electron chi connectivity index (χ0n) is 8.45. The summed E-state index contributed by atoms with van der Waals surface area (Å²) in [4.78, 5) is 10.8. The molecule has 5 heteroatoms. The van der Waals surface area contributed by atoms with Gasteiger partial charge in [-0.05, 0) is 22.0 Å². The molecule has 0 atom stereocenters. The van der Waals surface area contributed by atoms with Gasteiger partial charge in [0, 0.05) is 13.2 Å². The van der Waals surface area contributed by atoms with Gasteiger partial charge in [-0.15, -0.1) is 0 Å². The molecule has 0 fully saturated rings. The number of hydrogen-bond acceptors (Lipinski definition) is 4. The fourth-order valence-corrected chi connectivity index (χ4v) is 1.57. The Morgan fingerprint density at radius 3 is 2.60 bits per heavy atom. The summed E-state index contributed by atoms with van der Waals surface area (Å²) in [7, 11) is 3.05. The summed E-state index contributed by atoms with van der Waals surface area (Å²) in [5.74, 6) is 1.04. The molecule has 0 aliphatic rings. The van der Waals surface area contributed by atoms with E-state index in [1.165, 1.54) is 7.11 Å². The second kappa shape index (κ2) is 5.72. The van der Waals surface area contributed by atoms with E-state index in [1.54, 1.807) is 19.2 Å². The van der Waals surface area contributed by atoms with Crippen molar-refractivity contribution in [3.8, 4) is 11.5 Å². The number of methoxy groups -OCH3 is 2. The molecule has 1 aromatic rings. The molecule has 1 rings (SSSR count). The normalized spacial score (nSPS) is 9.80. The Morgan fingerprint density at radius 1 is 1.33 bits per heavy atom. The Morgan fingerprint density at radius 2 is 2.07 bits per heavy atom. The van der Waals surface area contributed by atoms with Crippen LogP contribution in [0.1, 0.15) is 10.4 Å². The second-order valence-corrected chi connectivity index (χ2v) is 3.55. The van der Waals surface area contributed by atoms with E-state index in [-0.39, 0.29) is 6.79 Å². The van der Waals surface area contributed by atoms with Gasteiger partial charge < -0.3 is 14.2 Å². The summed E-state index contributed by atoms with van der Waals surface area (Å²) < 4.78 is 15.8. The highest BCUT2D eigenvalue weighted by molar-refractivity contribution is 9.10. The Bertz CT molecular complexity index is 352. The molecule has 0 aliphatic carbocycles. The molecule has 0 aliphatic heterocycles. The third-order valence-corrected chi connectivity index (χ3v) is 2.36. The monoisotopic (exact) mass is 274 g/mol. The summed E-state index contributed by atoms with van der Waals surface area (Å²) in [5, 5.41) is 0. The number of halogens is 1. The van der Waals surface area contributed by atoms with Crippen molar-refractivity contribution in [2.75, 3.05) is 21.0 Å². The quantitative estimate of drug-likeness (QED) is 0.610. The number of hydrogen-bond donors (Lipinski definition) is 0. The molecule has 15 heavy (non-hydrogen) atoms. The molecular weight excluding hydrogens is 264 g/mol. The van der Waals surface area contributed by atoms with Crippen LogP contribution in [-0.4, -0.2) is 27.3 Å². The highest BCUT2D eigenvalue weighted by Gasteiger charge is 2.09. The van der Waals surface area contributed by atoms with Crippen LogP contribution in [0.25, 0.3) is 0 Å². The van der Waals surface area contributed by atoms with Crippen molar-refractivity contribution in [2.45, 2.75) is 0 Å². The van der Waals surface area contributed by atoms with E-state index in [1.807, 2.05) is 0 Å². The van der Waals surface area contributed by atoms with Gasteiger partial charge >= 0.3 is 0 Å². The summed E-state index contributed by atoms with van der Waals surface area (Å²) in [6, 6.07) is 3.27. The molecule has 0 saturated heterocycles. The number of aldehydes is 1. The van der Waals surface area contributed by atoms with E-state index in [0.29, 0.717) is 21.5 Å². The average Bonchev–Trinajstić information content (AvgIpc) is 2.26. The van der Waals surface area contributed by atoms with Gasteiger partial charge in [-0.1, -0.05) is 0 Å². The fraction of sp³-hybridized carbons (Fsp3) is 0.300. The minimum atomic E-state index is 0.0889. The summed E-state index contributed by atoms with van der Waals surface area (Å²) in [5.41, 5.74) is 0.444. The molecule has 0 spiro atoms. The lowest BCUT2D eigenvalue weighted by molar-refractivity contribution is 0.0504. The van der Waals surface area contributed by atoms with Crippen LogP contribution in [0, 0.1) is 0 Å². The third kappa shape index (κ3) is 2.94. The first kappa shape index (κ1) is 12.0. The Labute approximate surface area is 96.3 Å². The van der Waals surface area contributed by atoms with Crippen LogP contribution in [-0.2, 0) is 4.74 Å². The molecular formula is C10H11BrO4. The van der Waals surface area contributed by atoms with Crippen LogP contribution in [0.15, 0.2) is 16.6 Å². The van der Waals surface area contributed by atoms with Gasteiger partial charge in [0.25, 0.3) is 0 Å². The van der Waals surface area contributed by atoms with Crippen molar-refractivity contribution in [2.24, 2.45) is 0 Å². The van der Waals surface area contributed by atoms with Gasteiger partial charge in [0.05, 0.1) is 17.1 Å². The largest absolute Gasteiger partial charge is 0.495 e. The van der Waals surface area contributed by atoms with Gasteiger partial charge in [0.2, 0.25) is 0 Å². The molecule has 4 nitrogen and oxygen atoms in total. The first-order chi connectivity index (χ1) is 7.22. The third-order valence-electron chi connectivity index (χ3n) is 1.74. The van der Waals surface area contributed by atoms with E-state index in [4.69, 9.17) is 14.2 Å². The topological polar surface area (TPSA) is 44.8 Å². The Balaban J connectivity index is 3.05. The van der Waals surface area contributed by atoms with Crippen LogP contribution in [0.3, 0.4) is 0 Å². The highest BCUT2D eigenvalue weighted by atomic mass is 79.9. The number of carbonyl (C=O) groups is 1. The summed E-state index contributed by atoms with van der Waals surface area (Å²) in [6.45, 7) is 0.0889. The highest BCUT2D eigenvalue weighted by Crippen LogP contribution is 2.32. The molecule has 0 radical (unpaired) electrons. The smallest absolute Gasteiger partial charge is 0.188 e. The predicted molar refractivity (Wildman–Crippen MR) is 58.6 cm³/mol. The Kier molecular flexibility index (Phi) is 4.58. The van der Waals surface area contributed by atoms with E-state index in [9.17, 15) is 4.79 Å². The van der Waals surface area contributed by atoms with Crippen LogP contribution >= 0.6 is 15.9 Å². The maximum absolute atomic E-state index is 10.8. The van der Waals surface area contributed by atoms with Gasteiger partial charge in [-0.2, -0.15) is 0 Å². The van der Waals surface area contributed by atoms with Gasteiger partial charge in [-0.25, -0.2) is 0 Å². The van der Waals surface area contributed by atoms with Crippen molar-refractivity contribution in [3.63, 3.8) is 0 Å². The molecule has 0 amide bonds. The van der Waals surface area contributed by atoms with Crippen molar-refractivity contribution < 1.29 is 19.0 Å². The van der Waals surface area contributed by atoms with E-state index in [2.05, 4.69) is 15.9 Å². The minimum absolute atomic E-state index is 0.0889. The minimum Gasteiger partial charge on any atom is -0.495 e. The lowest BCUT2D eigenvalue weighted by Gasteiger charge is -2.10. The van der Waals surface area contributed by atoms with Crippen LogP contribution in [0.5, 0.6) is 11.5 Å². The van der Waals surface area contributed by atoms with Crippen molar-refractivity contribution in [3.05, 3.63) is 22.2 Å². The van der Waals surface area contributed by atoms with Crippen LogP contribution in [0.4, 0.5) is 0 Å². The SMILES string of the molecule is COCOc1cc(OC)c(Br)cc1C=O. The number of benzene rings is 1. The molecule has 1 aromatic carbocycles. The van der Waals surface area contributed by atoms with Gasteiger partial charge in [-0.3, -0.25) is 4.79 Å². The van der Waals surface area contributed by atoms with Crippen molar-refractivity contribution in [1.29, 1.82) is 0 Å². The maximum atomic E-state index is 10.8. The van der Waals surface area contributed by atoms with Crippen molar-refractivity contribution in [1.82, 2.24) is 0 Å². The van der Waals surface area contributed by atoms with Gasteiger partial charge in [0.15, 0.2) is 13.1 Å². The average molecular weight is 275 g/mol. The molecule has 0 unspecified atom stereocenters. The van der Waals surface area contributed by atoms with E-state index in [0.717, 1.165) is 6.29 Å². The zero-order chi connectivity index (χ0) is 11.3. The fourth-order valence-electron chi connectivity index (χ4n) is 1.05. The lowest BCUT2D eigenvalue weighted by Crippen LogP contribution is -2.02. The molecule has 0 heterocycles. The first-order valence-corrected chi connectivity index (χ1v) is 4.96. The van der Waals surface area contributed by atoms with Crippen molar-refractivity contribution >= 4 is 22.2 Å². The van der Waals surface area contributed by atoms with Crippen LogP contribution in [0.2, 0.25) is 0 Å². The molecule has 0 aromatic heterocycles. The van der Waals surface area contributed by atoms with Gasteiger partial charge in [0.1, 0.15) is 11.5 Å². The molecule has 0 saturated carbocycles. The zero-order valence-corrected chi connectivity index (χ0v) is 10.0. The maximum Gasteiger partial charge on any atom is 0.188 e. The predicted octanol–water partition coefficient (Wildman–Crippen LogP) is 2.25. The number of ether oxygens (including phenoxy) is 3. The summed E-state index contributed by atoms with van der Waals surface area (Å²) >= 11 is 3.28. The summed E-state index contributed by atoms with van der Waals surface area (Å²) in [6.07, 6.45) is 0.717. The van der Waals surface area contributed by atoms with E-state index < -0.39 is 0 Å². The van der Waals surface area contributed by atoms with E-state index >= 15 is 0 Å². The second-order valence-electron chi connectivity index (χ2n) is 2.69. The molecule has 0 bridgehead atoms. The first-order valence-electron chi connectivity index (χ1n) is 4.17. The number of carbonyl (C=O) groups excluding carboxylic acids is 1. The number of rotatable bonds is 5. The Hall–Kier alpha value is -1.07. The standard InChI is InChI=1S/C10H11BrO4/c1-13-6-15-9-4-10(14-2)8(11)3-7(9)5-12/h3-5H,6H2,1-2H3. The molecule has 82 valence electrons. The lowest BCUT2D eigenvalue weighted by atomic mass is 10.2. The molecule has 0 N–H and O–H groups in total. The van der Waals surface area contributed by atoms with Crippen LogP contribution < -0.4 is 9.47 Å².